The van der Waals surface area contributed by atoms with Crippen molar-refractivity contribution in [1.82, 2.24) is 10.8 Å². The highest BCUT2D eigenvalue weighted by Crippen LogP contribution is 2.06. The van der Waals surface area contributed by atoms with Crippen molar-refractivity contribution in [3.63, 3.8) is 0 Å². The highest BCUT2D eigenvalue weighted by Gasteiger charge is 2.30. The summed E-state index contributed by atoms with van der Waals surface area (Å²) < 4.78 is 0. The van der Waals surface area contributed by atoms with Gasteiger partial charge in [-0.2, -0.15) is 5.48 Å². The van der Waals surface area contributed by atoms with Gasteiger partial charge in [-0.25, -0.2) is 0 Å². The van der Waals surface area contributed by atoms with Crippen molar-refractivity contribution in [2.75, 3.05) is 13.1 Å². The Labute approximate surface area is 42.7 Å². The molecule has 0 aromatic carbocycles. The second-order valence-electron chi connectivity index (χ2n) is 2.28. The Kier molecular flexibility index (Phi) is 1.03. The van der Waals surface area contributed by atoms with Gasteiger partial charge in [-0.05, 0) is 6.92 Å². The van der Waals surface area contributed by atoms with E-state index in [0.717, 1.165) is 13.1 Å². The van der Waals surface area contributed by atoms with Gasteiger partial charge in [0.15, 0.2) is 0 Å². The molecule has 1 saturated heterocycles. The molecule has 0 unspecified atom stereocenters. The summed E-state index contributed by atoms with van der Waals surface area (Å²) in [7, 11) is 0. The highest BCUT2D eigenvalue weighted by atomic mass is 16.5. The Hall–Kier alpha value is -0.120. The summed E-state index contributed by atoms with van der Waals surface area (Å²) in [4.78, 5) is 0. The summed E-state index contributed by atoms with van der Waals surface area (Å²) in [6, 6.07) is 0. The lowest BCUT2D eigenvalue weighted by molar-refractivity contribution is 0.0393. The number of rotatable bonds is 1. The Morgan fingerprint density at radius 3 is 2.29 bits per heavy atom. The van der Waals surface area contributed by atoms with Gasteiger partial charge in [0, 0.05) is 13.1 Å². The van der Waals surface area contributed by atoms with Crippen LogP contribution in [0.1, 0.15) is 6.92 Å². The lowest BCUT2D eigenvalue weighted by Gasteiger charge is -2.37. The molecule has 3 N–H and O–H groups in total. The van der Waals surface area contributed by atoms with E-state index in [2.05, 4.69) is 10.8 Å². The molecule has 1 rings (SSSR count). The fourth-order valence-corrected chi connectivity index (χ4v) is 0.579. The van der Waals surface area contributed by atoms with Gasteiger partial charge in [0.2, 0.25) is 0 Å². The maximum absolute atomic E-state index is 8.36. The summed E-state index contributed by atoms with van der Waals surface area (Å²) in [5.74, 6) is 0. The fraction of sp³-hybridized carbons (Fsp3) is 1.00. The third-order valence-electron chi connectivity index (χ3n) is 1.30. The topological polar surface area (TPSA) is 44.3 Å². The van der Waals surface area contributed by atoms with E-state index in [9.17, 15) is 0 Å². The van der Waals surface area contributed by atoms with Crippen LogP contribution in [0.5, 0.6) is 0 Å². The Morgan fingerprint density at radius 2 is 2.29 bits per heavy atom. The first-order valence-corrected chi connectivity index (χ1v) is 2.39. The van der Waals surface area contributed by atoms with Crippen molar-refractivity contribution in [1.29, 1.82) is 0 Å². The molecular formula is C4H10N2O. The maximum atomic E-state index is 8.36. The molecule has 0 aromatic rings. The van der Waals surface area contributed by atoms with Crippen LogP contribution in [0.2, 0.25) is 0 Å². The van der Waals surface area contributed by atoms with Crippen LogP contribution in [0, 0.1) is 0 Å². The molecule has 7 heavy (non-hydrogen) atoms. The Balaban J connectivity index is 2.29. The van der Waals surface area contributed by atoms with Gasteiger partial charge < -0.3 is 10.5 Å². The molecule has 0 amide bonds. The van der Waals surface area contributed by atoms with Crippen LogP contribution in [0.4, 0.5) is 0 Å². The summed E-state index contributed by atoms with van der Waals surface area (Å²) in [6.07, 6.45) is 0. The average Bonchev–Trinajstić information content (AvgIpc) is 1.61. The van der Waals surface area contributed by atoms with E-state index in [1.165, 1.54) is 0 Å². The smallest absolute Gasteiger partial charge is 0.0649 e. The summed E-state index contributed by atoms with van der Waals surface area (Å²) in [5.41, 5.74) is 2.17. The third kappa shape index (κ3) is 0.748. The first-order valence-electron chi connectivity index (χ1n) is 2.39. The molecule has 1 aliphatic heterocycles. The first-order chi connectivity index (χ1) is 3.27. The van der Waals surface area contributed by atoms with Gasteiger partial charge in [0.25, 0.3) is 0 Å². The van der Waals surface area contributed by atoms with Crippen LogP contribution in [0.3, 0.4) is 0 Å². The van der Waals surface area contributed by atoms with E-state index in [1.807, 2.05) is 6.92 Å². The standard InChI is InChI=1S/C4H10N2O/c1-4(6-7)2-5-3-4/h5-7H,2-3H2,1H3. The highest BCUT2D eigenvalue weighted by molar-refractivity contribution is 4.93. The van der Waals surface area contributed by atoms with Gasteiger partial charge in [0.1, 0.15) is 0 Å². The van der Waals surface area contributed by atoms with Crippen molar-refractivity contribution < 1.29 is 5.21 Å². The van der Waals surface area contributed by atoms with Gasteiger partial charge in [0.05, 0.1) is 5.54 Å². The van der Waals surface area contributed by atoms with Crippen molar-refractivity contribution >= 4 is 0 Å². The van der Waals surface area contributed by atoms with Crippen LogP contribution in [-0.4, -0.2) is 23.8 Å². The quantitative estimate of drug-likeness (QED) is 0.385. The second kappa shape index (κ2) is 1.43. The molecule has 3 nitrogen and oxygen atoms in total. The largest absolute Gasteiger partial charge is 0.316 e. The fourth-order valence-electron chi connectivity index (χ4n) is 0.579. The van der Waals surface area contributed by atoms with Crippen molar-refractivity contribution in [3.8, 4) is 0 Å². The van der Waals surface area contributed by atoms with Gasteiger partial charge in [-0.3, -0.25) is 0 Å². The van der Waals surface area contributed by atoms with E-state index >= 15 is 0 Å². The van der Waals surface area contributed by atoms with Gasteiger partial charge in [-0.15, -0.1) is 0 Å². The zero-order valence-electron chi connectivity index (χ0n) is 4.36. The van der Waals surface area contributed by atoms with E-state index in [4.69, 9.17) is 5.21 Å². The molecule has 0 saturated carbocycles. The average molecular weight is 102 g/mol. The summed E-state index contributed by atoms with van der Waals surface area (Å²) in [5, 5.41) is 11.4. The van der Waals surface area contributed by atoms with E-state index in [0.29, 0.717) is 0 Å². The number of hydrogen-bond donors (Lipinski definition) is 3. The monoisotopic (exact) mass is 102 g/mol. The minimum Gasteiger partial charge on any atom is -0.316 e. The molecule has 1 fully saturated rings. The maximum Gasteiger partial charge on any atom is 0.0649 e. The molecule has 0 bridgehead atoms. The minimum atomic E-state index is -0.0417. The van der Waals surface area contributed by atoms with Crippen molar-refractivity contribution in [2.24, 2.45) is 0 Å². The number of nitrogens with one attached hydrogen (secondary N) is 2. The van der Waals surface area contributed by atoms with Crippen LogP contribution < -0.4 is 10.8 Å². The van der Waals surface area contributed by atoms with Crippen molar-refractivity contribution in [2.45, 2.75) is 12.5 Å². The molecule has 0 spiro atoms. The normalized spacial score (nSPS) is 26.6. The second-order valence-corrected chi connectivity index (χ2v) is 2.28. The molecule has 1 heterocycles. The SMILES string of the molecule is CC1(NO)CNC1. The van der Waals surface area contributed by atoms with Gasteiger partial charge >= 0.3 is 0 Å². The first kappa shape index (κ1) is 5.03. The third-order valence-corrected chi connectivity index (χ3v) is 1.30. The molecule has 1 aliphatic rings. The van der Waals surface area contributed by atoms with Gasteiger partial charge in [-0.1, -0.05) is 0 Å². The Bertz CT molecular complexity index is 64.6. The predicted molar refractivity (Wildman–Crippen MR) is 26.2 cm³/mol. The zero-order valence-corrected chi connectivity index (χ0v) is 4.36. The predicted octanol–water partition coefficient (Wildman–Crippen LogP) is -0.673. The van der Waals surface area contributed by atoms with E-state index < -0.39 is 0 Å². The van der Waals surface area contributed by atoms with Crippen LogP contribution >= 0.6 is 0 Å². The van der Waals surface area contributed by atoms with Crippen LogP contribution in [0.25, 0.3) is 0 Å². The molecule has 0 aromatic heterocycles. The molecule has 0 radical (unpaired) electrons. The lowest BCUT2D eigenvalue weighted by atomic mass is 9.97. The zero-order chi connectivity index (χ0) is 5.33. The van der Waals surface area contributed by atoms with E-state index in [-0.39, 0.29) is 5.54 Å². The summed E-state index contributed by atoms with van der Waals surface area (Å²) >= 11 is 0. The number of hydroxylamine groups is 1. The van der Waals surface area contributed by atoms with Crippen LogP contribution in [-0.2, 0) is 0 Å². The van der Waals surface area contributed by atoms with E-state index in [1.54, 1.807) is 0 Å². The molecule has 0 aliphatic carbocycles. The van der Waals surface area contributed by atoms with Crippen LogP contribution in [0.15, 0.2) is 0 Å². The molecule has 3 heteroatoms. The number of hydrogen-bond acceptors (Lipinski definition) is 3. The van der Waals surface area contributed by atoms with Crippen molar-refractivity contribution in [3.05, 3.63) is 0 Å². The molecule has 0 atom stereocenters. The lowest BCUT2D eigenvalue weighted by Crippen LogP contribution is -2.64. The Morgan fingerprint density at radius 1 is 1.71 bits per heavy atom. The molecular weight excluding hydrogens is 92.1 g/mol. The molecule has 42 valence electrons. The summed E-state index contributed by atoms with van der Waals surface area (Å²) in [6.45, 7) is 3.69. The minimum absolute atomic E-state index is 0.0417.